The van der Waals surface area contributed by atoms with E-state index < -0.39 is 0 Å². The molecule has 20 heavy (non-hydrogen) atoms. The molecular formula is C13H18N4O3. The molecular weight excluding hydrogens is 260 g/mol. The lowest BCUT2D eigenvalue weighted by atomic mass is 10.2. The Balaban J connectivity index is 1.84. The van der Waals surface area contributed by atoms with Crippen molar-refractivity contribution >= 4 is 0 Å². The molecule has 0 unspecified atom stereocenters. The van der Waals surface area contributed by atoms with Gasteiger partial charge in [-0.3, -0.25) is 9.47 Å². The van der Waals surface area contributed by atoms with Crippen LogP contribution in [0.15, 0.2) is 27.6 Å². The number of H-pyrrole nitrogens is 1. The normalized spacial score (nSPS) is 18.2. The summed E-state index contributed by atoms with van der Waals surface area (Å²) in [5.74, 6) is 1.47. The van der Waals surface area contributed by atoms with Gasteiger partial charge in [-0.2, -0.15) is 5.10 Å². The first-order chi connectivity index (χ1) is 9.75. The lowest BCUT2D eigenvalue weighted by molar-refractivity contribution is 0.0174. The Morgan fingerprint density at radius 2 is 2.25 bits per heavy atom. The van der Waals surface area contributed by atoms with E-state index in [9.17, 15) is 4.79 Å². The summed E-state index contributed by atoms with van der Waals surface area (Å²) in [5.41, 5.74) is -0.212. The van der Waals surface area contributed by atoms with E-state index in [2.05, 4.69) is 22.0 Å². The zero-order valence-electron chi connectivity index (χ0n) is 11.4. The van der Waals surface area contributed by atoms with E-state index in [-0.39, 0.29) is 11.7 Å². The summed E-state index contributed by atoms with van der Waals surface area (Å²) in [6.07, 6.45) is 1.60. The van der Waals surface area contributed by atoms with Crippen molar-refractivity contribution in [2.45, 2.75) is 19.5 Å². The van der Waals surface area contributed by atoms with Gasteiger partial charge >= 0.3 is 5.69 Å². The molecule has 0 spiro atoms. The first-order valence-corrected chi connectivity index (χ1v) is 6.75. The van der Waals surface area contributed by atoms with Gasteiger partial charge in [0.25, 0.3) is 0 Å². The fourth-order valence-electron chi connectivity index (χ4n) is 2.49. The van der Waals surface area contributed by atoms with E-state index in [1.807, 2.05) is 12.1 Å². The van der Waals surface area contributed by atoms with E-state index in [0.29, 0.717) is 6.54 Å². The van der Waals surface area contributed by atoms with Crippen LogP contribution in [0.4, 0.5) is 0 Å². The lowest BCUT2D eigenvalue weighted by Crippen LogP contribution is -2.39. The zero-order chi connectivity index (χ0) is 13.9. The van der Waals surface area contributed by atoms with Gasteiger partial charge in [0.05, 0.1) is 32.1 Å². The Kier molecular flexibility index (Phi) is 3.70. The summed E-state index contributed by atoms with van der Waals surface area (Å²) < 4.78 is 12.3. The molecule has 0 bridgehead atoms. The van der Waals surface area contributed by atoms with Crippen LogP contribution in [0, 0.1) is 0 Å². The highest BCUT2D eigenvalue weighted by Gasteiger charge is 2.24. The fraction of sp³-hybridized carbons (Fsp3) is 0.538. The maximum Gasteiger partial charge on any atom is 0.343 e. The molecule has 0 amide bonds. The molecule has 1 aliphatic rings. The molecule has 0 radical (unpaired) electrons. The third kappa shape index (κ3) is 2.54. The zero-order valence-corrected chi connectivity index (χ0v) is 11.4. The summed E-state index contributed by atoms with van der Waals surface area (Å²) in [6.45, 7) is 5.59. The number of furan rings is 1. The Morgan fingerprint density at radius 3 is 2.95 bits per heavy atom. The van der Waals surface area contributed by atoms with Gasteiger partial charge in [-0.25, -0.2) is 9.89 Å². The average molecular weight is 278 g/mol. The minimum absolute atomic E-state index is 0.0628. The molecule has 2 aromatic rings. The predicted molar refractivity (Wildman–Crippen MR) is 71.5 cm³/mol. The van der Waals surface area contributed by atoms with Crippen molar-refractivity contribution in [1.82, 2.24) is 19.7 Å². The van der Waals surface area contributed by atoms with Gasteiger partial charge in [-0.1, -0.05) is 0 Å². The van der Waals surface area contributed by atoms with Crippen LogP contribution < -0.4 is 5.69 Å². The van der Waals surface area contributed by atoms with Crippen molar-refractivity contribution in [2.24, 2.45) is 0 Å². The predicted octanol–water partition coefficient (Wildman–Crippen LogP) is 0.606. The molecule has 1 atom stereocenters. The van der Waals surface area contributed by atoms with Crippen LogP contribution in [-0.4, -0.2) is 46.0 Å². The number of rotatable bonds is 4. The SMILES string of the molecule is C[C@H](c1n[nH]c(=O)n1Cc1ccco1)N1CCOCC1. The van der Waals surface area contributed by atoms with Gasteiger partial charge in [0.1, 0.15) is 5.76 Å². The second kappa shape index (κ2) is 5.64. The molecule has 0 aromatic carbocycles. The number of hydrogen-bond acceptors (Lipinski definition) is 5. The number of ether oxygens (including phenoxy) is 1. The first-order valence-electron chi connectivity index (χ1n) is 6.75. The molecule has 7 heteroatoms. The minimum Gasteiger partial charge on any atom is -0.467 e. The van der Waals surface area contributed by atoms with E-state index >= 15 is 0 Å². The van der Waals surface area contributed by atoms with Crippen LogP contribution in [0.25, 0.3) is 0 Å². The number of nitrogens with one attached hydrogen (secondary N) is 1. The Morgan fingerprint density at radius 1 is 1.45 bits per heavy atom. The molecule has 3 rings (SSSR count). The molecule has 2 aromatic heterocycles. The second-order valence-electron chi connectivity index (χ2n) is 4.88. The topological polar surface area (TPSA) is 76.3 Å². The number of nitrogens with zero attached hydrogens (tertiary/aromatic N) is 3. The summed E-state index contributed by atoms with van der Waals surface area (Å²) in [7, 11) is 0. The maximum absolute atomic E-state index is 11.9. The van der Waals surface area contributed by atoms with Crippen LogP contribution in [0.3, 0.4) is 0 Å². The first kappa shape index (κ1) is 13.1. The van der Waals surface area contributed by atoms with Gasteiger partial charge in [0.15, 0.2) is 5.82 Å². The highest BCUT2D eigenvalue weighted by atomic mass is 16.5. The van der Waals surface area contributed by atoms with Crippen molar-refractivity contribution in [3.05, 3.63) is 40.5 Å². The van der Waals surface area contributed by atoms with Crippen molar-refractivity contribution in [2.75, 3.05) is 26.3 Å². The summed E-state index contributed by atoms with van der Waals surface area (Å²) in [6, 6.07) is 3.72. The third-order valence-corrected chi connectivity index (χ3v) is 3.65. The van der Waals surface area contributed by atoms with Crippen LogP contribution >= 0.6 is 0 Å². The molecule has 108 valence electrons. The second-order valence-corrected chi connectivity index (χ2v) is 4.88. The highest BCUT2D eigenvalue weighted by Crippen LogP contribution is 2.18. The number of hydrogen-bond donors (Lipinski definition) is 1. The lowest BCUT2D eigenvalue weighted by Gasteiger charge is -2.31. The Hall–Kier alpha value is -1.86. The van der Waals surface area contributed by atoms with Gasteiger partial charge < -0.3 is 9.15 Å². The van der Waals surface area contributed by atoms with Gasteiger partial charge in [-0.05, 0) is 19.1 Å². The summed E-state index contributed by atoms with van der Waals surface area (Å²) in [5, 5.41) is 6.70. The highest BCUT2D eigenvalue weighted by molar-refractivity contribution is 5.03. The van der Waals surface area contributed by atoms with Crippen molar-refractivity contribution in [3.63, 3.8) is 0 Å². The standard InChI is InChI=1S/C13H18N4O3/c1-10(16-4-7-19-8-5-16)12-14-15-13(18)17(12)9-11-3-2-6-20-11/h2-3,6,10H,4-5,7-9H2,1H3,(H,15,18)/t10-/m1/s1. The van der Waals surface area contributed by atoms with Crippen LogP contribution in [0.5, 0.6) is 0 Å². The molecule has 0 aliphatic carbocycles. The molecule has 1 N–H and O–H groups in total. The summed E-state index contributed by atoms with van der Waals surface area (Å²) >= 11 is 0. The molecule has 7 nitrogen and oxygen atoms in total. The molecule has 1 fully saturated rings. The van der Waals surface area contributed by atoms with Gasteiger partial charge in [0, 0.05) is 13.1 Å². The monoisotopic (exact) mass is 278 g/mol. The fourth-order valence-corrected chi connectivity index (χ4v) is 2.49. The van der Waals surface area contributed by atoms with E-state index in [1.165, 1.54) is 0 Å². The van der Waals surface area contributed by atoms with Crippen LogP contribution in [-0.2, 0) is 11.3 Å². The number of morpholine rings is 1. The van der Waals surface area contributed by atoms with Gasteiger partial charge in [-0.15, -0.1) is 0 Å². The van der Waals surface area contributed by atoms with Crippen LogP contribution in [0.2, 0.25) is 0 Å². The smallest absolute Gasteiger partial charge is 0.343 e. The van der Waals surface area contributed by atoms with E-state index in [0.717, 1.165) is 37.9 Å². The average Bonchev–Trinajstić information content (AvgIpc) is 3.11. The Bertz CT molecular complexity index is 595. The molecule has 1 saturated heterocycles. The van der Waals surface area contributed by atoms with Crippen molar-refractivity contribution in [1.29, 1.82) is 0 Å². The summed E-state index contributed by atoms with van der Waals surface area (Å²) in [4.78, 5) is 14.2. The quantitative estimate of drug-likeness (QED) is 0.886. The van der Waals surface area contributed by atoms with Crippen molar-refractivity contribution in [3.8, 4) is 0 Å². The maximum atomic E-state index is 11.9. The molecule has 1 aliphatic heterocycles. The number of aromatic amines is 1. The Labute approximate surface area is 116 Å². The third-order valence-electron chi connectivity index (χ3n) is 3.65. The van der Waals surface area contributed by atoms with E-state index in [1.54, 1.807) is 10.8 Å². The molecule has 3 heterocycles. The number of aromatic nitrogens is 3. The van der Waals surface area contributed by atoms with Crippen molar-refractivity contribution < 1.29 is 9.15 Å². The molecule has 0 saturated carbocycles. The minimum atomic E-state index is -0.212. The van der Waals surface area contributed by atoms with Gasteiger partial charge in [0.2, 0.25) is 0 Å². The largest absolute Gasteiger partial charge is 0.467 e. The van der Waals surface area contributed by atoms with E-state index in [4.69, 9.17) is 9.15 Å². The van der Waals surface area contributed by atoms with Crippen LogP contribution in [0.1, 0.15) is 24.6 Å².